The molecule has 0 amide bonds. The second-order valence-corrected chi connectivity index (χ2v) is 8.51. The molecule has 3 heterocycles. The van der Waals surface area contributed by atoms with Crippen LogP contribution in [0, 0.1) is 6.92 Å². The van der Waals surface area contributed by atoms with Gasteiger partial charge in [0.1, 0.15) is 16.3 Å². The molecule has 3 aromatic heterocycles. The molecular formula is C27H22ClN3O3. The average Bonchev–Trinajstić information content (AvgIpc) is 3.23. The Bertz CT molecular complexity index is 1530. The summed E-state index contributed by atoms with van der Waals surface area (Å²) in [5, 5.41) is 4.54. The predicted molar refractivity (Wildman–Crippen MR) is 134 cm³/mol. The molecule has 7 heteroatoms. The summed E-state index contributed by atoms with van der Waals surface area (Å²) in [5.74, 6) is -0.563. The van der Waals surface area contributed by atoms with Gasteiger partial charge in [-0.15, -0.1) is 0 Å². The van der Waals surface area contributed by atoms with Gasteiger partial charge in [-0.1, -0.05) is 48.0 Å². The molecule has 34 heavy (non-hydrogen) atoms. The minimum absolute atomic E-state index is 0.128. The fourth-order valence-electron chi connectivity index (χ4n) is 4.22. The Morgan fingerprint density at radius 3 is 2.65 bits per heavy atom. The molecule has 1 N–H and O–H groups in total. The summed E-state index contributed by atoms with van der Waals surface area (Å²) in [6.07, 6.45) is 1.81. The van der Waals surface area contributed by atoms with Crippen molar-refractivity contribution in [2.75, 3.05) is 12.4 Å². The monoisotopic (exact) mass is 471 g/mol. The predicted octanol–water partition coefficient (Wildman–Crippen LogP) is 6.96. The molecule has 0 saturated carbocycles. The number of rotatable bonds is 5. The van der Waals surface area contributed by atoms with Gasteiger partial charge in [-0.05, 0) is 49.2 Å². The zero-order chi connectivity index (χ0) is 23.8. The maximum atomic E-state index is 12.3. The molecule has 5 rings (SSSR count). The van der Waals surface area contributed by atoms with Crippen LogP contribution in [0.25, 0.3) is 33.2 Å². The summed E-state index contributed by atoms with van der Waals surface area (Å²) < 4.78 is 11.3. The summed E-state index contributed by atoms with van der Waals surface area (Å²) in [6, 6.07) is 19.4. The van der Waals surface area contributed by atoms with Crippen LogP contribution in [0.5, 0.6) is 0 Å². The van der Waals surface area contributed by atoms with Crippen molar-refractivity contribution in [2.24, 2.45) is 0 Å². The van der Waals surface area contributed by atoms with Gasteiger partial charge in [-0.25, -0.2) is 9.78 Å². The minimum Gasteiger partial charge on any atom is -0.464 e. The van der Waals surface area contributed by atoms with Gasteiger partial charge in [0, 0.05) is 22.7 Å². The molecular weight excluding hydrogens is 450 g/mol. The van der Waals surface area contributed by atoms with Gasteiger partial charge in [-0.3, -0.25) is 4.98 Å². The number of aryl methyl sites for hydroxylation is 1. The Labute approximate surface area is 201 Å². The van der Waals surface area contributed by atoms with Crippen molar-refractivity contribution in [2.45, 2.75) is 19.9 Å². The lowest BCUT2D eigenvalue weighted by atomic mass is 10.0. The molecule has 0 aliphatic rings. The number of nitrogens with one attached hydrogen (secondary N) is 1. The third-order valence-electron chi connectivity index (χ3n) is 5.79. The Morgan fingerprint density at radius 2 is 1.88 bits per heavy atom. The number of carbonyl (C=O) groups excluding carboxylic acids is 1. The summed E-state index contributed by atoms with van der Waals surface area (Å²) in [7, 11) is 1.31. The van der Waals surface area contributed by atoms with Crippen LogP contribution >= 0.6 is 11.6 Å². The number of fused-ring (bicyclic) bond motifs is 3. The first-order valence-electron chi connectivity index (χ1n) is 10.8. The van der Waals surface area contributed by atoms with E-state index < -0.39 is 5.97 Å². The van der Waals surface area contributed by atoms with E-state index in [1.54, 1.807) is 12.1 Å². The highest BCUT2D eigenvalue weighted by molar-refractivity contribution is 6.29. The molecule has 1 atom stereocenters. The van der Waals surface area contributed by atoms with E-state index in [2.05, 4.69) is 39.6 Å². The molecule has 0 bridgehead atoms. The molecule has 0 radical (unpaired) electrons. The first kappa shape index (κ1) is 21.9. The molecule has 0 fully saturated rings. The van der Waals surface area contributed by atoms with Crippen molar-refractivity contribution < 1.29 is 13.9 Å². The molecule has 0 aliphatic heterocycles. The van der Waals surface area contributed by atoms with E-state index in [1.165, 1.54) is 7.11 Å². The zero-order valence-corrected chi connectivity index (χ0v) is 19.7. The number of esters is 1. The Kier molecular flexibility index (Phi) is 5.67. The number of anilines is 1. The maximum Gasteiger partial charge on any atom is 0.358 e. The van der Waals surface area contributed by atoms with Gasteiger partial charge in [0.15, 0.2) is 11.3 Å². The number of halogens is 1. The smallest absolute Gasteiger partial charge is 0.358 e. The minimum atomic E-state index is -0.563. The Hall–Kier alpha value is -3.90. The third-order valence-corrected chi connectivity index (χ3v) is 6.00. The SMILES string of the molecule is COC(=O)c1nc(Cl)ccc1N[C@H](C)c1cc(C)cc2c1oc1c(-c3ccccc3)ccnc12. The number of pyridine rings is 2. The lowest BCUT2D eigenvalue weighted by Gasteiger charge is -2.18. The van der Waals surface area contributed by atoms with E-state index in [4.69, 9.17) is 20.8 Å². The second kappa shape index (κ2) is 8.80. The van der Waals surface area contributed by atoms with Crippen LogP contribution in [0.3, 0.4) is 0 Å². The van der Waals surface area contributed by atoms with Crippen LogP contribution in [0.15, 0.2) is 71.3 Å². The van der Waals surface area contributed by atoms with Gasteiger partial charge < -0.3 is 14.5 Å². The number of nitrogens with zero attached hydrogens (tertiary/aromatic N) is 2. The van der Waals surface area contributed by atoms with Crippen molar-refractivity contribution >= 4 is 45.3 Å². The van der Waals surface area contributed by atoms with Crippen molar-refractivity contribution in [3.05, 3.63) is 88.8 Å². The molecule has 2 aromatic carbocycles. The van der Waals surface area contributed by atoms with Crippen molar-refractivity contribution in [1.82, 2.24) is 9.97 Å². The number of hydrogen-bond donors (Lipinski definition) is 1. The number of benzene rings is 2. The number of furan rings is 1. The number of hydrogen-bond acceptors (Lipinski definition) is 6. The quantitative estimate of drug-likeness (QED) is 0.220. The van der Waals surface area contributed by atoms with Gasteiger partial charge >= 0.3 is 5.97 Å². The lowest BCUT2D eigenvalue weighted by molar-refractivity contribution is 0.0595. The van der Waals surface area contributed by atoms with Gasteiger partial charge in [-0.2, -0.15) is 0 Å². The van der Waals surface area contributed by atoms with E-state index in [0.29, 0.717) is 5.69 Å². The fourth-order valence-corrected chi connectivity index (χ4v) is 4.37. The summed E-state index contributed by atoms with van der Waals surface area (Å²) in [5.41, 5.74) is 7.03. The van der Waals surface area contributed by atoms with Crippen LogP contribution < -0.4 is 5.32 Å². The topological polar surface area (TPSA) is 77.2 Å². The Balaban J connectivity index is 1.64. The third kappa shape index (κ3) is 3.86. The molecule has 6 nitrogen and oxygen atoms in total. The van der Waals surface area contributed by atoms with Gasteiger partial charge in [0.25, 0.3) is 0 Å². The fraction of sp³-hybridized carbons (Fsp3) is 0.148. The van der Waals surface area contributed by atoms with Crippen molar-refractivity contribution in [1.29, 1.82) is 0 Å². The number of methoxy groups -OCH3 is 1. The van der Waals surface area contributed by atoms with E-state index in [-0.39, 0.29) is 16.9 Å². The molecule has 0 saturated heterocycles. The molecule has 0 unspecified atom stereocenters. The first-order valence-corrected chi connectivity index (χ1v) is 11.2. The van der Waals surface area contributed by atoms with E-state index in [9.17, 15) is 4.79 Å². The van der Waals surface area contributed by atoms with E-state index in [0.717, 1.165) is 44.3 Å². The van der Waals surface area contributed by atoms with Crippen LogP contribution in [0.4, 0.5) is 5.69 Å². The highest BCUT2D eigenvalue weighted by Gasteiger charge is 2.21. The molecule has 0 spiro atoms. The standard InChI is InChI=1S/C27H22ClN3O3/c1-15-13-19(16(2)30-21-9-10-22(28)31-24(21)27(32)33-3)25-20(14-15)23-26(34-25)18(11-12-29-23)17-7-5-4-6-8-17/h4-14,16,30H,1-3H3/t16-/m1/s1. The van der Waals surface area contributed by atoms with Crippen LogP contribution in [-0.2, 0) is 4.74 Å². The van der Waals surface area contributed by atoms with Crippen molar-refractivity contribution in [3.63, 3.8) is 0 Å². The first-order chi connectivity index (χ1) is 16.5. The number of aromatic nitrogens is 2. The Morgan fingerprint density at radius 1 is 1.09 bits per heavy atom. The highest BCUT2D eigenvalue weighted by atomic mass is 35.5. The van der Waals surface area contributed by atoms with Crippen molar-refractivity contribution in [3.8, 4) is 11.1 Å². The van der Waals surface area contributed by atoms with Gasteiger partial charge in [0.2, 0.25) is 0 Å². The normalized spacial score (nSPS) is 12.1. The summed E-state index contributed by atoms with van der Waals surface area (Å²) >= 11 is 6.01. The number of ether oxygens (including phenoxy) is 1. The molecule has 0 aliphatic carbocycles. The van der Waals surface area contributed by atoms with Crippen LogP contribution in [-0.4, -0.2) is 23.0 Å². The zero-order valence-electron chi connectivity index (χ0n) is 18.9. The van der Waals surface area contributed by atoms with Crippen LogP contribution in [0.2, 0.25) is 5.15 Å². The molecule has 5 aromatic rings. The number of carbonyl (C=O) groups is 1. The van der Waals surface area contributed by atoms with Crippen LogP contribution in [0.1, 0.15) is 34.6 Å². The summed E-state index contributed by atoms with van der Waals surface area (Å²) in [4.78, 5) is 21.0. The largest absolute Gasteiger partial charge is 0.464 e. The van der Waals surface area contributed by atoms with Gasteiger partial charge in [0.05, 0.1) is 18.8 Å². The van der Waals surface area contributed by atoms with E-state index >= 15 is 0 Å². The molecule has 170 valence electrons. The highest BCUT2D eigenvalue weighted by Crippen LogP contribution is 2.38. The summed E-state index contributed by atoms with van der Waals surface area (Å²) in [6.45, 7) is 4.04. The maximum absolute atomic E-state index is 12.3. The lowest BCUT2D eigenvalue weighted by Crippen LogP contribution is -2.13. The second-order valence-electron chi connectivity index (χ2n) is 8.12. The van der Waals surface area contributed by atoms with E-state index in [1.807, 2.05) is 44.3 Å². The average molecular weight is 472 g/mol.